The molecule has 0 aromatic rings. The SMILES string of the molecule is CC1CC(=S)SC(C(C)(C)C)O1. The molecule has 0 aromatic carbocycles. The molecule has 1 nitrogen and oxygen atoms in total. The van der Waals surface area contributed by atoms with E-state index in [2.05, 4.69) is 27.7 Å². The van der Waals surface area contributed by atoms with E-state index in [-0.39, 0.29) is 10.9 Å². The Morgan fingerprint density at radius 3 is 2.50 bits per heavy atom. The standard InChI is InChI=1S/C9H16OS2/c1-6-5-7(11)12-8(10-6)9(2,3)4/h6,8H,5H2,1-4H3. The number of rotatable bonds is 0. The number of hydrogen-bond donors (Lipinski definition) is 0. The Balaban J connectivity index is 2.62. The Kier molecular flexibility index (Phi) is 3.18. The average Bonchev–Trinajstić information content (AvgIpc) is 1.82. The van der Waals surface area contributed by atoms with Gasteiger partial charge in [0, 0.05) is 6.42 Å². The lowest BCUT2D eigenvalue weighted by molar-refractivity contribution is -0.00391. The van der Waals surface area contributed by atoms with Crippen molar-refractivity contribution in [3.05, 3.63) is 0 Å². The van der Waals surface area contributed by atoms with E-state index in [1.54, 1.807) is 11.8 Å². The molecular formula is C9H16OS2. The third-order valence-corrected chi connectivity index (χ3v) is 3.67. The smallest absolute Gasteiger partial charge is 0.113 e. The van der Waals surface area contributed by atoms with Crippen LogP contribution in [0.25, 0.3) is 0 Å². The van der Waals surface area contributed by atoms with Gasteiger partial charge in [-0.1, -0.05) is 44.8 Å². The summed E-state index contributed by atoms with van der Waals surface area (Å²) in [6.07, 6.45) is 1.22. The van der Waals surface area contributed by atoms with Gasteiger partial charge in [0.1, 0.15) is 5.44 Å². The normalized spacial score (nSPS) is 32.2. The fraction of sp³-hybridized carbons (Fsp3) is 0.889. The minimum Gasteiger partial charge on any atom is -0.363 e. The van der Waals surface area contributed by atoms with E-state index < -0.39 is 0 Å². The lowest BCUT2D eigenvalue weighted by Crippen LogP contribution is -2.35. The second-order valence-corrected chi connectivity index (χ2v) is 6.25. The predicted molar refractivity (Wildman–Crippen MR) is 58.6 cm³/mol. The highest BCUT2D eigenvalue weighted by atomic mass is 32.2. The van der Waals surface area contributed by atoms with Crippen molar-refractivity contribution in [1.82, 2.24) is 0 Å². The lowest BCUT2D eigenvalue weighted by atomic mass is 9.98. The molecule has 1 saturated heterocycles. The van der Waals surface area contributed by atoms with Gasteiger partial charge in [0.25, 0.3) is 0 Å². The van der Waals surface area contributed by atoms with Crippen molar-refractivity contribution in [2.24, 2.45) is 5.41 Å². The van der Waals surface area contributed by atoms with Gasteiger partial charge in [-0.15, -0.1) is 0 Å². The summed E-state index contributed by atoms with van der Waals surface area (Å²) in [5, 5.41) is 0. The average molecular weight is 204 g/mol. The number of thiocarbonyl (C=S) groups is 1. The van der Waals surface area contributed by atoms with Crippen LogP contribution in [0.2, 0.25) is 0 Å². The highest BCUT2D eigenvalue weighted by molar-refractivity contribution is 8.23. The second-order valence-electron chi connectivity index (χ2n) is 4.34. The van der Waals surface area contributed by atoms with Crippen LogP contribution >= 0.6 is 24.0 Å². The van der Waals surface area contributed by atoms with Crippen LogP contribution in [-0.2, 0) is 4.74 Å². The summed E-state index contributed by atoms with van der Waals surface area (Å²) < 4.78 is 6.89. The summed E-state index contributed by atoms with van der Waals surface area (Å²) in [7, 11) is 0. The van der Waals surface area contributed by atoms with E-state index in [9.17, 15) is 0 Å². The Morgan fingerprint density at radius 1 is 1.50 bits per heavy atom. The van der Waals surface area contributed by atoms with Crippen molar-refractivity contribution >= 4 is 28.2 Å². The molecule has 1 aliphatic heterocycles. The van der Waals surface area contributed by atoms with E-state index in [1.807, 2.05) is 0 Å². The first-order valence-corrected chi connectivity index (χ1v) is 5.53. The second kappa shape index (κ2) is 3.64. The fourth-order valence-electron chi connectivity index (χ4n) is 1.07. The summed E-state index contributed by atoms with van der Waals surface area (Å²) in [4.78, 5) is 0. The van der Waals surface area contributed by atoms with E-state index in [0.717, 1.165) is 10.6 Å². The molecule has 3 heteroatoms. The topological polar surface area (TPSA) is 9.23 Å². The third-order valence-electron chi connectivity index (χ3n) is 1.76. The molecule has 0 radical (unpaired) electrons. The maximum Gasteiger partial charge on any atom is 0.113 e. The zero-order chi connectivity index (χ0) is 9.35. The third kappa shape index (κ3) is 2.71. The van der Waals surface area contributed by atoms with Gasteiger partial charge in [0.2, 0.25) is 0 Å². The van der Waals surface area contributed by atoms with Gasteiger partial charge in [-0.2, -0.15) is 0 Å². The molecule has 0 saturated carbocycles. The first-order valence-electron chi connectivity index (χ1n) is 4.24. The first-order chi connectivity index (χ1) is 5.39. The molecule has 0 amide bonds. The minimum atomic E-state index is 0.184. The fourth-order valence-corrected chi connectivity index (χ4v) is 2.74. The molecule has 12 heavy (non-hydrogen) atoms. The van der Waals surface area contributed by atoms with Crippen LogP contribution < -0.4 is 0 Å². The predicted octanol–water partition coefficient (Wildman–Crippen LogP) is 3.23. The maximum absolute atomic E-state index is 5.80. The van der Waals surface area contributed by atoms with Gasteiger partial charge in [-0.05, 0) is 12.3 Å². The first kappa shape index (κ1) is 10.5. The van der Waals surface area contributed by atoms with Crippen LogP contribution in [0.5, 0.6) is 0 Å². The van der Waals surface area contributed by atoms with Crippen LogP contribution in [-0.4, -0.2) is 15.7 Å². The molecule has 1 rings (SSSR count). The number of ether oxygens (including phenoxy) is 1. The molecule has 1 aliphatic rings. The van der Waals surface area contributed by atoms with Crippen LogP contribution in [0.15, 0.2) is 0 Å². The Morgan fingerprint density at radius 2 is 2.08 bits per heavy atom. The number of hydrogen-bond acceptors (Lipinski definition) is 3. The molecule has 2 unspecified atom stereocenters. The van der Waals surface area contributed by atoms with Gasteiger partial charge in [0.05, 0.1) is 10.3 Å². The quantitative estimate of drug-likeness (QED) is 0.561. The van der Waals surface area contributed by atoms with Crippen LogP contribution in [0.3, 0.4) is 0 Å². The highest BCUT2D eigenvalue weighted by Gasteiger charge is 2.32. The molecule has 0 aromatic heterocycles. The molecule has 0 spiro atoms. The van der Waals surface area contributed by atoms with Crippen LogP contribution in [0.4, 0.5) is 0 Å². The molecule has 1 fully saturated rings. The monoisotopic (exact) mass is 204 g/mol. The largest absolute Gasteiger partial charge is 0.363 e. The summed E-state index contributed by atoms with van der Waals surface area (Å²) in [6.45, 7) is 8.65. The molecule has 0 N–H and O–H groups in total. The molecule has 70 valence electrons. The zero-order valence-corrected chi connectivity index (χ0v) is 9.72. The van der Waals surface area contributed by atoms with Crippen molar-refractivity contribution in [3.8, 4) is 0 Å². The van der Waals surface area contributed by atoms with Crippen LogP contribution in [0.1, 0.15) is 34.1 Å². The van der Waals surface area contributed by atoms with E-state index >= 15 is 0 Å². The summed E-state index contributed by atoms with van der Waals surface area (Å²) in [5.41, 5.74) is 0.414. The Bertz CT molecular complexity index is 183. The maximum atomic E-state index is 5.80. The van der Waals surface area contributed by atoms with Crippen molar-refractivity contribution in [3.63, 3.8) is 0 Å². The van der Waals surface area contributed by atoms with Crippen LogP contribution in [0, 0.1) is 5.41 Å². The Labute approximate surface area is 84.2 Å². The summed E-state index contributed by atoms with van der Waals surface area (Å²) in [5.74, 6) is 0. The van der Waals surface area contributed by atoms with Crippen molar-refractivity contribution in [2.75, 3.05) is 0 Å². The van der Waals surface area contributed by atoms with Gasteiger partial charge < -0.3 is 4.74 Å². The lowest BCUT2D eigenvalue weighted by Gasteiger charge is -2.36. The van der Waals surface area contributed by atoms with Gasteiger partial charge >= 0.3 is 0 Å². The number of thioether (sulfide) groups is 1. The van der Waals surface area contributed by atoms with Gasteiger partial charge in [-0.25, -0.2) is 0 Å². The minimum absolute atomic E-state index is 0.184. The summed E-state index contributed by atoms with van der Waals surface area (Å²) >= 11 is 6.92. The van der Waals surface area contributed by atoms with Crippen molar-refractivity contribution < 1.29 is 4.74 Å². The Hall–Kier alpha value is 0.400. The molecule has 0 bridgehead atoms. The molecule has 1 heterocycles. The summed E-state index contributed by atoms with van der Waals surface area (Å²) in [6, 6.07) is 0. The van der Waals surface area contributed by atoms with Crippen molar-refractivity contribution in [1.29, 1.82) is 0 Å². The van der Waals surface area contributed by atoms with Gasteiger partial charge in [-0.3, -0.25) is 0 Å². The van der Waals surface area contributed by atoms with Gasteiger partial charge in [0.15, 0.2) is 0 Å². The van der Waals surface area contributed by atoms with E-state index in [0.29, 0.717) is 6.10 Å². The van der Waals surface area contributed by atoms with Crippen molar-refractivity contribution in [2.45, 2.75) is 45.7 Å². The highest BCUT2D eigenvalue weighted by Crippen LogP contribution is 2.37. The molecule has 2 atom stereocenters. The molecule has 0 aliphatic carbocycles. The van der Waals surface area contributed by atoms with E-state index in [1.165, 1.54) is 0 Å². The van der Waals surface area contributed by atoms with E-state index in [4.69, 9.17) is 17.0 Å². The zero-order valence-electron chi connectivity index (χ0n) is 8.09. The molecular weight excluding hydrogens is 188 g/mol.